The molecule has 20 heavy (non-hydrogen) atoms. The van der Waals surface area contributed by atoms with Crippen molar-refractivity contribution in [2.75, 3.05) is 6.61 Å². The molecule has 0 spiro atoms. The Morgan fingerprint density at radius 2 is 2.15 bits per heavy atom. The highest BCUT2D eigenvalue weighted by molar-refractivity contribution is 5.90. The number of esters is 1. The number of ether oxygens (including phenoxy) is 1. The van der Waals surface area contributed by atoms with Crippen molar-refractivity contribution in [3.8, 4) is 0 Å². The lowest BCUT2D eigenvalue weighted by molar-refractivity contribution is 0.0524. The van der Waals surface area contributed by atoms with Crippen LogP contribution in [-0.4, -0.2) is 26.9 Å². The molecule has 0 amide bonds. The number of pyridine rings is 1. The number of nitrogens with zero attached hydrogens (tertiary/aromatic N) is 3. The Bertz CT molecular complexity index is 685. The summed E-state index contributed by atoms with van der Waals surface area (Å²) in [4.78, 5) is 23.8. The van der Waals surface area contributed by atoms with Crippen LogP contribution in [0, 0.1) is 6.92 Å². The van der Waals surface area contributed by atoms with E-state index in [9.17, 15) is 9.59 Å². The van der Waals surface area contributed by atoms with E-state index in [1.807, 2.05) is 13.0 Å². The van der Waals surface area contributed by atoms with E-state index in [4.69, 9.17) is 4.74 Å². The lowest BCUT2D eigenvalue weighted by Crippen LogP contribution is -2.24. The van der Waals surface area contributed by atoms with Gasteiger partial charge in [0.05, 0.1) is 25.0 Å². The van der Waals surface area contributed by atoms with E-state index in [0.29, 0.717) is 17.9 Å². The Labute approximate surface area is 116 Å². The third-order valence-corrected chi connectivity index (χ3v) is 3.13. The highest BCUT2D eigenvalue weighted by Gasteiger charge is 2.18. The average Bonchev–Trinajstić information content (AvgIpc) is 2.76. The molecule has 0 aromatic carbocycles. The van der Waals surface area contributed by atoms with E-state index in [1.54, 1.807) is 29.3 Å². The first-order chi connectivity index (χ1) is 9.54. The molecule has 2 aromatic rings. The van der Waals surface area contributed by atoms with Crippen LogP contribution in [0.3, 0.4) is 0 Å². The van der Waals surface area contributed by atoms with Crippen molar-refractivity contribution >= 4 is 5.97 Å². The van der Waals surface area contributed by atoms with Crippen LogP contribution >= 0.6 is 0 Å². The smallest absolute Gasteiger partial charge is 0.341 e. The van der Waals surface area contributed by atoms with Crippen LogP contribution in [0.15, 0.2) is 29.2 Å². The molecular weight excluding hydrogens is 258 g/mol. The van der Waals surface area contributed by atoms with Crippen molar-refractivity contribution in [3.05, 3.63) is 51.7 Å². The Morgan fingerprint density at radius 3 is 2.80 bits per heavy atom. The Hall–Kier alpha value is -2.37. The molecule has 0 aliphatic rings. The molecule has 0 atom stereocenters. The van der Waals surface area contributed by atoms with Crippen molar-refractivity contribution in [1.29, 1.82) is 0 Å². The number of aryl methyl sites for hydroxylation is 2. The summed E-state index contributed by atoms with van der Waals surface area (Å²) in [6, 6.07) is 5.05. The van der Waals surface area contributed by atoms with E-state index < -0.39 is 5.97 Å². The van der Waals surface area contributed by atoms with Crippen LogP contribution in [-0.2, 0) is 18.3 Å². The molecule has 0 aliphatic heterocycles. The number of hydrogen-bond acceptors (Lipinski definition) is 4. The van der Waals surface area contributed by atoms with Gasteiger partial charge in [-0.25, -0.2) is 4.79 Å². The van der Waals surface area contributed by atoms with Gasteiger partial charge >= 0.3 is 5.97 Å². The van der Waals surface area contributed by atoms with E-state index in [-0.39, 0.29) is 12.1 Å². The van der Waals surface area contributed by atoms with Crippen LogP contribution in [0.5, 0.6) is 0 Å². The monoisotopic (exact) mass is 275 g/mol. The summed E-state index contributed by atoms with van der Waals surface area (Å²) in [5, 5.41) is 4.08. The van der Waals surface area contributed by atoms with Crippen molar-refractivity contribution in [3.63, 3.8) is 0 Å². The second-order valence-corrected chi connectivity index (χ2v) is 4.44. The fraction of sp³-hybridized carbons (Fsp3) is 0.357. The van der Waals surface area contributed by atoms with Gasteiger partial charge < -0.3 is 9.30 Å². The van der Waals surface area contributed by atoms with Crippen LogP contribution < -0.4 is 5.56 Å². The zero-order chi connectivity index (χ0) is 14.7. The first-order valence-corrected chi connectivity index (χ1v) is 6.39. The minimum absolute atomic E-state index is 0.110. The first kappa shape index (κ1) is 14.0. The topological polar surface area (TPSA) is 66.1 Å². The second-order valence-electron chi connectivity index (χ2n) is 4.44. The van der Waals surface area contributed by atoms with Crippen molar-refractivity contribution in [2.24, 2.45) is 7.05 Å². The summed E-state index contributed by atoms with van der Waals surface area (Å²) in [7, 11) is 1.74. The number of aromatic nitrogens is 3. The maximum absolute atomic E-state index is 11.9. The van der Waals surface area contributed by atoms with Gasteiger partial charge in [0.25, 0.3) is 5.56 Å². The summed E-state index contributed by atoms with van der Waals surface area (Å²) in [5.74, 6) is -0.419. The summed E-state index contributed by atoms with van der Waals surface area (Å²) in [6.07, 6.45) is 1.47. The Balaban J connectivity index is 2.41. The van der Waals surface area contributed by atoms with Gasteiger partial charge in [0.2, 0.25) is 0 Å². The third-order valence-electron chi connectivity index (χ3n) is 3.13. The van der Waals surface area contributed by atoms with Gasteiger partial charge in [-0.3, -0.25) is 9.48 Å². The van der Waals surface area contributed by atoms with Crippen molar-refractivity contribution < 1.29 is 9.53 Å². The van der Waals surface area contributed by atoms with Gasteiger partial charge in [-0.2, -0.15) is 5.10 Å². The predicted octanol–water partition coefficient (Wildman–Crippen LogP) is 1.12. The molecule has 0 fully saturated rings. The van der Waals surface area contributed by atoms with Crippen LogP contribution in [0.2, 0.25) is 0 Å². The number of carbonyl (C=O) groups excluding carboxylic acids is 1. The van der Waals surface area contributed by atoms with Crippen LogP contribution in [0.1, 0.15) is 28.7 Å². The van der Waals surface area contributed by atoms with Gasteiger partial charge in [-0.05, 0) is 19.9 Å². The lowest BCUT2D eigenvalue weighted by atomic mass is 10.2. The zero-order valence-electron chi connectivity index (χ0n) is 11.8. The molecule has 6 nitrogen and oxygen atoms in total. The van der Waals surface area contributed by atoms with Crippen molar-refractivity contribution in [2.45, 2.75) is 20.4 Å². The van der Waals surface area contributed by atoms with Crippen LogP contribution in [0.25, 0.3) is 0 Å². The molecule has 2 aromatic heterocycles. The van der Waals surface area contributed by atoms with Gasteiger partial charge in [0.1, 0.15) is 5.56 Å². The molecule has 2 heterocycles. The van der Waals surface area contributed by atoms with E-state index in [0.717, 1.165) is 5.69 Å². The van der Waals surface area contributed by atoms with Crippen molar-refractivity contribution in [1.82, 2.24) is 14.3 Å². The number of hydrogen-bond donors (Lipinski definition) is 0. The fourth-order valence-electron chi connectivity index (χ4n) is 2.01. The zero-order valence-corrected chi connectivity index (χ0v) is 11.8. The first-order valence-electron chi connectivity index (χ1n) is 6.39. The maximum atomic E-state index is 11.9. The van der Waals surface area contributed by atoms with E-state index >= 15 is 0 Å². The normalized spacial score (nSPS) is 10.6. The average molecular weight is 275 g/mol. The Morgan fingerprint density at radius 1 is 1.40 bits per heavy atom. The standard InChI is InChI=1S/C14H17N3O3/c1-4-20-14(19)11-8-15-16(3)12(11)9-17-10(2)6-5-7-13(17)18/h5-8H,4,9H2,1-3H3. The lowest BCUT2D eigenvalue weighted by Gasteiger charge is -2.11. The number of carbonyl (C=O) groups is 1. The minimum Gasteiger partial charge on any atom is -0.462 e. The second kappa shape index (κ2) is 5.73. The van der Waals surface area contributed by atoms with Gasteiger partial charge in [0.15, 0.2) is 0 Å². The molecule has 0 aliphatic carbocycles. The largest absolute Gasteiger partial charge is 0.462 e. The molecule has 106 valence electrons. The molecule has 0 bridgehead atoms. The SMILES string of the molecule is CCOC(=O)c1cnn(C)c1Cn1c(C)cccc1=O. The Kier molecular flexibility index (Phi) is 4.02. The summed E-state index contributed by atoms with van der Waals surface area (Å²) >= 11 is 0. The van der Waals surface area contributed by atoms with E-state index in [1.165, 1.54) is 12.3 Å². The van der Waals surface area contributed by atoms with Gasteiger partial charge in [-0.1, -0.05) is 6.07 Å². The van der Waals surface area contributed by atoms with Crippen LogP contribution in [0.4, 0.5) is 0 Å². The van der Waals surface area contributed by atoms with E-state index in [2.05, 4.69) is 5.10 Å². The fourth-order valence-corrected chi connectivity index (χ4v) is 2.01. The van der Waals surface area contributed by atoms with Gasteiger partial charge in [0, 0.05) is 18.8 Å². The maximum Gasteiger partial charge on any atom is 0.341 e. The summed E-state index contributed by atoms with van der Waals surface area (Å²) < 4.78 is 8.19. The third kappa shape index (κ3) is 2.64. The highest BCUT2D eigenvalue weighted by atomic mass is 16.5. The molecular formula is C14H17N3O3. The molecule has 2 rings (SSSR count). The van der Waals surface area contributed by atoms with Gasteiger partial charge in [-0.15, -0.1) is 0 Å². The molecule has 6 heteroatoms. The summed E-state index contributed by atoms with van der Waals surface area (Å²) in [5.41, 5.74) is 1.76. The quantitative estimate of drug-likeness (QED) is 0.784. The molecule has 0 saturated heterocycles. The predicted molar refractivity (Wildman–Crippen MR) is 73.7 cm³/mol. The molecule has 0 unspecified atom stereocenters. The summed E-state index contributed by atoms with van der Waals surface area (Å²) in [6.45, 7) is 4.19. The number of rotatable bonds is 4. The minimum atomic E-state index is -0.419. The molecule has 0 saturated carbocycles. The molecule has 0 radical (unpaired) electrons. The molecule has 0 N–H and O–H groups in total. The highest BCUT2D eigenvalue weighted by Crippen LogP contribution is 2.11.